The Morgan fingerprint density at radius 3 is 2.79 bits per heavy atom. The van der Waals surface area contributed by atoms with Crippen molar-refractivity contribution < 1.29 is 23.1 Å². The lowest BCUT2D eigenvalue weighted by atomic mass is 10.1. The summed E-state index contributed by atoms with van der Waals surface area (Å²) in [6.45, 7) is 0. The molecule has 0 saturated heterocycles. The van der Waals surface area contributed by atoms with E-state index in [0.717, 1.165) is 11.8 Å². The van der Waals surface area contributed by atoms with Gasteiger partial charge >= 0.3 is 0 Å². The molecule has 0 fully saturated rings. The molecule has 0 unspecified atom stereocenters. The van der Waals surface area contributed by atoms with E-state index in [4.69, 9.17) is 18.3 Å². The average Bonchev–Trinajstić information content (AvgIpc) is 3.30. The number of furan rings is 1. The van der Waals surface area contributed by atoms with E-state index in [0.29, 0.717) is 22.8 Å². The van der Waals surface area contributed by atoms with E-state index in [1.807, 2.05) is 0 Å². The molecule has 0 amide bonds. The molecule has 1 aromatic carbocycles. The number of aromatic nitrogens is 2. The summed E-state index contributed by atoms with van der Waals surface area (Å²) in [5.74, 6) is 1.83. The Kier molecular flexibility index (Phi) is 4.85. The molecule has 8 heteroatoms. The van der Waals surface area contributed by atoms with Gasteiger partial charge in [-0.3, -0.25) is 4.79 Å². The maximum absolute atomic E-state index is 12.4. The second-order valence-corrected chi connectivity index (χ2v) is 5.56. The minimum atomic E-state index is -0.131. The second-order valence-electron chi connectivity index (χ2n) is 4.63. The first-order valence-corrected chi connectivity index (χ1v) is 7.95. The number of nitrogens with zero attached hydrogens (tertiary/aromatic N) is 2. The SMILES string of the molecule is COc1ccc(OC)c(C(=O)CSc2nnc(-c3ccco3)o2)c1. The minimum Gasteiger partial charge on any atom is -0.497 e. The van der Waals surface area contributed by atoms with Crippen LogP contribution in [0, 0.1) is 0 Å². The Balaban J connectivity index is 1.70. The fourth-order valence-corrected chi connectivity index (χ4v) is 2.65. The van der Waals surface area contributed by atoms with Crippen LogP contribution >= 0.6 is 11.8 Å². The molecular weight excluding hydrogens is 332 g/mol. The topological polar surface area (TPSA) is 87.6 Å². The summed E-state index contributed by atoms with van der Waals surface area (Å²) < 4.78 is 21.0. The number of benzene rings is 1. The highest BCUT2D eigenvalue weighted by atomic mass is 32.2. The van der Waals surface area contributed by atoms with Crippen molar-refractivity contribution >= 4 is 17.5 Å². The number of ether oxygens (including phenoxy) is 2. The molecule has 24 heavy (non-hydrogen) atoms. The molecule has 7 nitrogen and oxygen atoms in total. The third-order valence-electron chi connectivity index (χ3n) is 3.17. The van der Waals surface area contributed by atoms with Crippen LogP contribution in [-0.2, 0) is 0 Å². The van der Waals surface area contributed by atoms with Crippen LogP contribution in [0.3, 0.4) is 0 Å². The van der Waals surface area contributed by atoms with Crippen LogP contribution in [0.1, 0.15) is 10.4 Å². The molecule has 0 bridgehead atoms. The summed E-state index contributed by atoms with van der Waals surface area (Å²) in [6, 6.07) is 8.51. The van der Waals surface area contributed by atoms with Gasteiger partial charge in [0.25, 0.3) is 11.1 Å². The van der Waals surface area contributed by atoms with Crippen molar-refractivity contribution in [1.82, 2.24) is 10.2 Å². The minimum absolute atomic E-state index is 0.128. The van der Waals surface area contributed by atoms with E-state index in [2.05, 4.69) is 10.2 Å². The van der Waals surface area contributed by atoms with Crippen LogP contribution in [0.2, 0.25) is 0 Å². The van der Waals surface area contributed by atoms with Crippen molar-refractivity contribution in [3.63, 3.8) is 0 Å². The summed E-state index contributed by atoms with van der Waals surface area (Å²) in [6.07, 6.45) is 1.52. The number of methoxy groups -OCH3 is 2. The fourth-order valence-electron chi connectivity index (χ4n) is 2.00. The van der Waals surface area contributed by atoms with Gasteiger partial charge in [-0.15, -0.1) is 10.2 Å². The maximum Gasteiger partial charge on any atom is 0.284 e. The standard InChI is InChI=1S/C16H14N2O5S/c1-20-10-5-6-13(21-2)11(8-10)12(19)9-24-16-18-17-15(23-16)14-4-3-7-22-14/h3-8H,9H2,1-2H3. The molecule has 0 aliphatic rings. The van der Waals surface area contributed by atoms with E-state index < -0.39 is 0 Å². The molecule has 0 aliphatic heterocycles. The van der Waals surface area contributed by atoms with E-state index >= 15 is 0 Å². The average molecular weight is 346 g/mol. The van der Waals surface area contributed by atoms with Crippen LogP contribution < -0.4 is 9.47 Å². The molecule has 0 aliphatic carbocycles. The molecular formula is C16H14N2O5S. The highest BCUT2D eigenvalue weighted by molar-refractivity contribution is 7.99. The Morgan fingerprint density at radius 1 is 1.21 bits per heavy atom. The molecule has 0 N–H and O–H groups in total. The number of carbonyl (C=O) groups is 1. The van der Waals surface area contributed by atoms with Gasteiger partial charge in [-0.2, -0.15) is 0 Å². The van der Waals surface area contributed by atoms with Gasteiger partial charge in [0.2, 0.25) is 0 Å². The molecule has 0 radical (unpaired) electrons. The van der Waals surface area contributed by atoms with Crippen molar-refractivity contribution in [3.05, 3.63) is 42.2 Å². The highest BCUT2D eigenvalue weighted by Gasteiger charge is 2.17. The van der Waals surface area contributed by atoms with Crippen LogP contribution in [0.15, 0.2) is 50.7 Å². The largest absolute Gasteiger partial charge is 0.497 e. The Bertz CT molecular complexity index is 829. The van der Waals surface area contributed by atoms with E-state index in [9.17, 15) is 4.79 Å². The van der Waals surface area contributed by atoms with Gasteiger partial charge in [-0.05, 0) is 30.3 Å². The summed E-state index contributed by atoms with van der Waals surface area (Å²) >= 11 is 1.15. The number of ketones is 1. The zero-order valence-electron chi connectivity index (χ0n) is 13.0. The van der Waals surface area contributed by atoms with Gasteiger partial charge in [0, 0.05) is 0 Å². The Morgan fingerprint density at radius 2 is 2.08 bits per heavy atom. The quantitative estimate of drug-likeness (QED) is 0.475. The number of rotatable bonds is 7. The zero-order chi connectivity index (χ0) is 16.9. The number of hydrogen-bond acceptors (Lipinski definition) is 8. The monoisotopic (exact) mass is 346 g/mol. The lowest BCUT2D eigenvalue weighted by molar-refractivity contribution is 0.101. The second kappa shape index (κ2) is 7.22. The van der Waals surface area contributed by atoms with E-state index in [-0.39, 0.29) is 22.6 Å². The predicted octanol–water partition coefficient (Wildman–Crippen LogP) is 3.32. The summed E-state index contributed by atoms with van der Waals surface area (Å²) in [4.78, 5) is 12.4. The van der Waals surface area contributed by atoms with Crippen LogP contribution in [0.4, 0.5) is 0 Å². The Hall–Kier alpha value is -2.74. The third kappa shape index (κ3) is 3.43. The van der Waals surface area contributed by atoms with Crippen LogP contribution in [0.25, 0.3) is 11.7 Å². The highest BCUT2D eigenvalue weighted by Crippen LogP contribution is 2.28. The predicted molar refractivity (Wildman–Crippen MR) is 86.6 cm³/mol. The van der Waals surface area contributed by atoms with Crippen molar-refractivity contribution in [2.24, 2.45) is 0 Å². The fraction of sp³-hybridized carbons (Fsp3) is 0.188. The molecule has 3 rings (SSSR count). The molecule has 0 atom stereocenters. The van der Waals surface area contributed by atoms with E-state index in [1.54, 1.807) is 37.4 Å². The molecule has 3 aromatic rings. The first-order valence-electron chi connectivity index (χ1n) is 6.96. The number of thioether (sulfide) groups is 1. The summed E-state index contributed by atoms with van der Waals surface area (Å²) in [5, 5.41) is 8.06. The van der Waals surface area contributed by atoms with Crippen molar-refractivity contribution in [3.8, 4) is 23.1 Å². The van der Waals surface area contributed by atoms with Crippen molar-refractivity contribution in [2.45, 2.75) is 5.22 Å². The van der Waals surface area contributed by atoms with Gasteiger partial charge in [0.1, 0.15) is 11.5 Å². The van der Waals surface area contributed by atoms with E-state index in [1.165, 1.54) is 13.4 Å². The number of Topliss-reactive ketones (excluding diaryl/α,β-unsaturated/α-hetero) is 1. The molecule has 0 spiro atoms. The van der Waals surface area contributed by atoms with Crippen molar-refractivity contribution in [2.75, 3.05) is 20.0 Å². The van der Waals surface area contributed by atoms with Gasteiger partial charge < -0.3 is 18.3 Å². The van der Waals surface area contributed by atoms with Gasteiger partial charge in [0.05, 0.1) is 31.8 Å². The van der Waals surface area contributed by atoms with Gasteiger partial charge in [0.15, 0.2) is 11.5 Å². The molecule has 0 saturated carbocycles. The van der Waals surface area contributed by atoms with Crippen molar-refractivity contribution in [1.29, 1.82) is 0 Å². The molecule has 124 valence electrons. The van der Waals surface area contributed by atoms with Gasteiger partial charge in [-0.25, -0.2) is 0 Å². The maximum atomic E-state index is 12.4. The summed E-state index contributed by atoms with van der Waals surface area (Å²) in [5.41, 5.74) is 0.440. The number of carbonyl (C=O) groups excluding carboxylic acids is 1. The first-order chi connectivity index (χ1) is 11.7. The first kappa shape index (κ1) is 16.1. The third-order valence-corrected chi connectivity index (χ3v) is 3.99. The molecule has 2 heterocycles. The normalized spacial score (nSPS) is 10.6. The smallest absolute Gasteiger partial charge is 0.284 e. The lowest BCUT2D eigenvalue weighted by Gasteiger charge is -2.08. The van der Waals surface area contributed by atoms with Crippen LogP contribution in [0.5, 0.6) is 11.5 Å². The Labute approximate surface area is 142 Å². The zero-order valence-corrected chi connectivity index (χ0v) is 13.8. The molecule has 2 aromatic heterocycles. The van der Waals surface area contributed by atoms with Crippen LogP contribution in [-0.4, -0.2) is 36.0 Å². The lowest BCUT2D eigenvalue weighted by Crippen LogP contribution is -2.05. The number of hydrogen-bond donors (Lipinski definition) is 0. The van der Waals surface area contributed by atoms with Gasteiger partial charge in [-0.1, -0.05) is 11.8 Å². The summed E-state index contributed by atoms with van der Waals surface area (Å²) in [7, 11) is 3.05.